The Hall–Kier alpha value is 1.10. The summed E-state index contributed by atoms with van der Waals surface area (Å²) in [5.41, 5.74) is 0. The van der Waals surface area contributed by atoms with Crippen LogP contribution in [0.5, 0.6) is 0 Å². The van der Waals surface area contributed by atoms with Crippen molar-refractivity contribution in [2.75, 3.05) is 0 Å². The zero-order chi connectivity index (χ0) is 5.70. The molecule has 8 heavy (non-hydrogen) atoms. The summed E-state index contributed by atoms with van der Waals surface area (Å²) in [6.07, 6.45) is 3.87. The van der Waals surface area contributed by atoms with E-state index in [0.717, 1.165) is 4.83 Å². The molecule has 0 radical (unpaired) electrons. The first-order chi connectivity index (χ1) is 3.31. The molecule has 0 bridgehead atoms. The van der Waals surface area contributed by atoms with Crippen LogP contribution in [0.3, 0.4) is 0 Å². The molecule has 0 fully saturated rings. The maximum atomic E-state index is 3.54. The molecule has 0 nitrogen and oxygen atoms in total. The summed E-state index contributed by atoms with van der Waals surface area (Å²) >= 11 is 3.54. The fraction of sp³-hybridized carbons (Fsp3) is 1.00. The van der Waals surface area contributed by atoms with Crippen LogP contribution in [0.25, 0.3) is 0 Å². The van der Waals surface area contributed by atoms with Crippen LogP contribution in [0.15, 0.2) is 0 Å². The summed E-state index contributed by atoms with van der Waals surface area (Å²) in [7, 11) is 0. The predicted octanol–water partition coefficient (Wildman–Crippen LogP) is 2.96. The number of alkyl halides is 1. The van der Waals surface area contributed by atoms with Crippen molar-refractivity contribution >= 4 is 15.9 Å². The summed E-state index contributed by atoms with van der Waals surface area (Å²) in [5, 5.41) is 0. The second-order valence-corrected chi connectivity index (χ2v) is 3.09. The first-order valence-electron chi connectivity index (χ1n) is 2.95. The van der Waals surface area contributed by atoms with Gasteiger partial charge in [0, 0.05) is 24.3 Å². The molecule has 0 spiro atoms. The van der Waals surface area contributed by atoms with Crippen molar-refractivity contribution in [1.29, 1.82) is 0 Å². The average molecular weight is 230 g/mol. The van der Waals surface area contributed by atoms with Crippen molar-refractivity contribution in [3.63, 3.8) is 0 Å². The van der Waals surface area contributed by atoms with Gasteiger partial charge in [-0.3, -0.25) is 0 Å². The quantitative estimate of drug-likeness (QED) is 0.516. The molecule has 0 N–H and O–H groups in total. The van der Waals surface area contributed by atoms with Gasteiger partial charge in [-0.1, -0.05) is 36.2 Å². The molecule has 0 saturated carbocycles. The van der Waals surface area contributed by atoms with Crippen molar-refractivity contribution < 1.29 is 19.5 Å². The van der Waals surface area contributed by atoms with Crippen molar-refractivity contribution in [2.45, 2.75) is 37.9 Å². The molecule has 0 aromatic carbocycles. The molecule has 0 aromatic rings. The molecular weight excluding hydrogens is 217 g/mol. The van der Waals surface area contributed by atoms with Gasteiger partial charge >= 0.3 is 0 Å². The van der Waals surface area contributed by atoms with Gasteiger partial charge in [-0.25, -0.2) is 0 Å². The Morgan fingerprint density at radius 3 is 2.00 bits per heavy atom. The Morgan fingerprint density at radius 1 is 1.38 bits per heavy atom. The van der Waals surface area contributed by atoms with Crippen LogP contribution in [0.2, 0.25) is 0 Å². The molecule has 0 aliphatic carbocycles. The Labute approximate surface area is 73.3 Å². The minimum Gasteiger partial charge on any atom is -0.0891 e. The molecule has 1 atom stereocenters. The van der Waals surface area contributed by atoms with Crippen molar-refractivity contribution in [1.82, 2.24) is 0 Å². The number of halogens is 1. The number of hydrogen-bond donors (Lipinski definition) is 0. The smallest absolute Gasteiger partial charge is 0.0143 e. The van der Waals surface area contributed by atoms with E-state index in [9.17, 15) is 0 Å². The van der Waals surface area contributed by atoms with Gasteiger partial charge in [0.25, 0.3) is 0 Å². The van der Waals surface area contributed by atoms with Crippen LogP contribution < -0.4 is 0 Å². The minimum absolute atomic E-state index is 0. The maximum absolute atomic E-state index is 3.54. The SMILES string of the molecule is CCCC(Br)CC.[Zn]. The average Bonchev–Trinajstić information content (AvgIpc) is 1.68. The summed E-state index contributed by atoms with van der Waals surface area (Å²) in [6.45, 7) is 4.42. The number of rotatable bonds is 3. The Bertz CT molecular complexity index is 39.5. The first kappa shape index (κ1) is 11.8. The van der Waals surface area contributed by atoms with Crippen LogP contribution >= 0.6 is 15.9 Å². The molecule has 0 saturated heterocycles. The van der Waals surface area contributed by atoms with E-state index >= 15 is 0 Å². The van der Waals surface area contributed by atoms with Crippen molar-refractivity contribution in [2.24, 2.45) is 0 Å². The summed E-state index contributed by atoms with van der Waals surface area (Å²) in [5.74, 6) is 0. The Kier molecular flexibility index (Phi) is 12.0. The van der Waals surface area contributed by atoms with E-state index in [4.69, 9.17) is 0 Å². The first-order valence-corrected chi connectivity index (χ1v) is 3.86. The third-order valence-corrected chi connectivity index (χ3v) is 2.15. The normalized spacial score (nSPS) is 12.4. The molecule has 0 aromatic heterocycles. The van der Waals surface area contributed by atoms with Crippen LogP contribution in [0.1, 0.15) is 33.1 Å². The fourth-order valence-corrected chi connectivity index (χ4v) is 0.975. The molecule has 0 rings (SSSR count). The molecule has 1 unspecified atom stereocenters. The van der Waals surface area contributed by atoms with E-state index in [2.05, 4.69) is 29.8 Å². The third kappa shape index (κ3) is 7.10. The standard InChI is InChI=1S/C6H13Br.Zn/c1-3-5-6(7)4-2;/h6H,3-5H2,1-2H3;. The van der Waals surface area contributed by atoms with Gasteiger partial charge in [0.15, 0.2) is 0 Å². The topological polar surface area (TPSA) is 0 Å². The maximum Gasteiger partial charge on any atom is 0.0143 e. The van der Waals surface area contributed by atoms with E-state index in [0.29, 0.717) is 0 Å². The van der Waals surface area contributed by atoms with E-state index in [1.54, 1.807) is 0 Å². The molecule has 46 valence electrons. The van der Waals surface area contributed by atoms with E-state index in [1.165, 1.54) is 19.3 Å². The van der Waals surface area contributed by atoms with Crippen molar-refractivity contribution in [3.05, 3.63) is 0 Å². The van der Waals surface area contributed by atoms with E-state index in [-0.39, 0.29) is 19.5 Å². The molecule has 2 heteroatoms. The van der Waals surface area contributed by atoms with Crippen LogP contribution in [-0.2, 0) is 19.5 Å². The zero-order valence-electron chi connectivity index (χ0n) is 5.78. The molecule has 0 aliphatic heterocycles. The van der Waals surface area contributed by atoms with E-state index in [1.807, 2.05) is 0 Å². The van der Waals surface area contributed by atoms with Crippen LogP contribution in [-0.4, -0.2) is 4.83 Å². The Morgan fingerprint density at radius 2 is 1.88 bits per heavy atom. The van der Waals surface area contributed by atoms with Crippen LogP contribution in [0, 0.1) is 0 Å². The minimum atomic E-state index is 0. The summed E-state index contributed by atoms with van der Waals surface area (Å²) in [4.78, 5) is 0.762. The molecular formula is C6H13BrZn. The van der Waals surface area contributed by atoms with Crippen LogP contribution in [0.4, 0.5) is 0 Å². The van der Waals surface area contributed by atoms with Gasteiger partial charge in [0.2, 0.25) is 0 Å². The number of hydrogen-bond acceptors (Lipinski definition) is 0. The van der Waals surface area contributed by atoms with E-state index < -0.39 is 0 Å². The van der Waals surface area contributed by atoms with Gasteiger partial charge in [0.05, 0.1) is 0 Å². The van der Waals surface area contributed by atoms with Gasteiger partial charge < -0.3 is 0 Å². The van der Waals surface area contributed by atoms with Gasteiger partial charge in [-0.05, 0) is 12.8 Å². The van der Waals surface area contributed by atoms with Crippen molar-refractivity contribution in [3.8, 4) is 0 Å². The van der Waals surface area contributed by atoms with Gasteiger partial charge in [-0.2, -0.15) is 0 Å². The molecule has 0 heterocycles. The van der Waals surface area contributed by atoms with Gasteiger partial charge in [0.1, 0.15) is 0 Å². The second kappa shape index (κ2) is 8.10. The zero-order valence-corrected chi connectivity index (χ0v) is 10.3. The predicted molar refractivity (Wildman–Crippen MR) is 37.9 cm³/mol. The third-order valence-electron chi connectivity index (χ3n) is 1.04. The summed E-state index contributed by atoms with van der Waals surface area (Å²) in [6, 6.07) is 0. The fourth-order valence-electron chi connectivity index (χ4n) is 0.517. The van der Waals surface area contributed by atoms with Gasteiger partial charge in [-0.15, -0.1) is 0 Å². The Balaban J connectivity index is 0. The largest absolute Gasteiger partial charge is 0.0891 e. The summed E-state index contributed by atoms with van der Waals surface area (Å²) < 4.78 is 0. The second-order valence-electron chi connectivity index (χ2n) is 1.79. The molecule has 0 aliphatic rings. The molecule has 0 amide bonds. The monoisotopic (exact) mass is 228 g/mol.